The second-order valence-corrected chi connectivity index (χ2v) is 4.70. The summed E-state index contributed by atoms with van der Waals surface area (Å²) >= 11 is 0. The van der Waals surface area contributed by atoms with Gasteiger partial charge in [-0.25, -0.2) is 4.79 Å². The van der Waals surface area contributed by atoms with Crippen LogP contribution >= 0.6 is 0 Å². The van der Waals surface area contributed by atoms with E-state index in [1.165, 1.54) is 30.8 Å². The maximum Gasteiger partial charge on any atom is 0.411 e. The molecular weight excluding hydrogens is 244 g/mol. The Morgan fingerprint density at radius 1 is 1.26 bits per heavy atom. The summed E-state index contributed by atoms with van der Waals surface area (Å²) in [7, 11) is 1.61. The topological polar surface area (TPSA) is 52.0 Å². The number of hydrogen-bond acceptors (Lipinski definition) is 3. The molecule has 104 valence electrons. The van der Waals surface area contributed by atoms with Crippen molar-refractivity contribution in [1.82, 2.24) is 0 Å². The standard InChI is InChI=1S/C14H20N2O3/c1-18-13-6-4-12(5-7-13)15-14(17)19-11-10-16-8-2-3-9-16/h4-7H,2-3,8-11H2,1H3,(H,15,17)/p+1. The fourth-order valence-corrected chi connectivity index (χ4v) is 2.24. The van der Waals surface area contributed by atoms with Gasteiger partial charge >= 0.3 is 6.09 Å². The lowest BCUT2D eigenvalue weighted by atomic mass is 10.3. The maximum atomic E-state index is 11.6. The van der Waals surface area contributed by atoms with Gasteiger partial charge in [0.1, 0.15) is 18.9 Å². The molecule has 19 heavy (non-hydrogen) atoms. The minimum atomic E-state index is -0.399. The van der Waals surface area contributed by atoms with E-state index >= 15 is 0 Å². The first-order chi connectivity index (χ1) is 9.28. The fraction of sp³-hybridized carbons (Fsp3) is 0.500. The van der Waals surface area contributed by atoms with E-state index in [1.54, 1.807) is 31.4 Å². The Balaban J connectivity index is 1.68. The second-order valence-electron chi connectivity index (χ2n) is 4.70. The summed E-state index contributed by atoms with van der Waals surface area (Å²) in [5, 5.41) is 2.69. The fourth-order valence-electron chi connectivity index (χ4n) is 2.24. The molecule has 0 bridgehead atoms. The quantitative estimate of drug-likeness (QED) is 0.832. The van der Waals surface area contributed by atoms with Crippen molar-refractivity contribution in [3.63, 3.8) is 0 Å². The zero-order valence-electron chi connectivity index (χ0n) is 11.3. The monoisotopic (exact) mass is 265 g/mol. The summed E-state index contributed by atoms with van der Waals surface area (Å²) in [4.78, 5) is 13.1. The zero-order valence-corrected chi connectivity index (χ0v) is 11.3. The van der Waals surface area contributed by atoms with Crippen LogP contribution in [0.2, 0.25) is 0 Å². The van der Waals surface area contributed by atoms with Crippen molar-refractivity contribution < 1.29 is 19.2 Å². The van der Waals surface area contributed by atoms with Gasteiger partial charge in [0.25, 0.3) is 0 Å². The van der Waals surface area contributed by atoms with E-state index in [4.69, 9.17) is 9.47 Å². The molecule has 0 aromatic heterocycles. The number of amides is 1. The third-order valence-corrected chi connectivity index (χ3v) is 3.34. The van der Waals surface area contributed by atoms with Crippen molar-refractivity contribution in [2.75, 3.05) is 38.7 Å². The van der Waals surface area contributed by atoms with Gasteiger partial charge in [-0.05, 0) is 24.3 Å². The van der Waals surface area contributed by atoms with E-state index in [2.05, 4.69) is 5.32 Å². The third kappa shape index (κ3) is 4.44. The Bertz CT molecular complexity index is 400. The van der Waals surface area contributed by atoms with Crippen LogP contribution < -0.4 is 15.0 Å². The van der Waals surface area contributed by atoms with Crippen molar-refractivity contribution in [1.29, 1.82) is 0 Å². The van der Waals surface area contributed by atoms with Crippen molar-refractivity contribution in [2.24, 2.45) is 0 Å². The van der Waals surface area contributed by atoms with Gasteiger partial charge < -0.3 is 14.4 Å². The van der Waals surface area contributed by atoms with Crippen molar-refractivity contribution in [3.05, 3.63) is 24.3 Å². The summed E-state index contributed by atoms with van der Waals surface area (Å²) in [6.07, 6.45) is 2.17. The van der Waals surface area contributed by atoms with E-state index in [0.29, 0.717) is 12.3 Å². The lowest BCUT2D eigenvalue weighted by Gasteiger charge is -2.12. The Kier molecular flexibility index (Phi) is 5.03. The molecule has 1 saturated heterocycles. The number of anilines is 1. The molecule has 1 heterocycles. The average molecular weight is 265 g/mol. The van der Waals surface area contributed by atoms with Gasteiger partial charge in [-0.2, -0.15) is 0 Å². The van der Waals surface area contributed by atoms with Crippen molar-refractivity contribution >= 4 is 11.8 Å². The molecule has 1 aliphatic rings. The molecule has 1 amide bonds. The molecule has 1 aromatic rings. The van der Waals surface area contributed by atoms with Crippen LogP contribution in [0.5, 0.6) is 5.75 Å². The first-order valence-electron chi connectivity index (χ1n) is 6.69. The molecule has 0 aliphatic carbocycles. The highest BCUT2D eigenvalue weighted by atomic mass is 16.5. The van der Waals surface area contributed by atoms with Crippen LogP contribution in [0.25, 0.3) is 0 Å². The second kappa shape index (κ2) is 6.99. The van der Waals surface area contributed by atoms with Crippen LogP contribution in [-0.4, -0.2) is 39.4 Å². The molecule has 2 rings (SSSR count). The molecule has 0 atom stereocenters. The Morgan fingerprint density at radius 2 is 1.95 bits per heavy atom. The molecule has 2 N–H and O–H groups in total. The Labute approximate surface area is 113 Å². The number of nitrogens with one attached hydrogen (secondary N) is 2. The van der Waals surface area contributed by atoms with Gasteiger partial charge in [0.05, 0.1) is 20.2 Å². The number of ether oxygens (including phenoxy) is 2. The number of rotatable bonds is 5. The largest absolute Gasteiger partial charge is 0.497 e. The molecule has 0 saturated carbocycles. The molecule has 5 nitrogen and oxygen atoms in total. The zero-order chi connectivity index (χ0) is 13.5. The number of likely N-dealkylation sites (tertiary alicyclic amines) is 1. The molecule has 1 aromatic carbocycles. The molecule has 1 fully saturated rings. The summed E-state index contributed by atoms with van der Waals surface area (Å²) in [5.74, 6) is 0.761. The van der Waals surface area contributed by atoms with Crippen LogP contribution in [0, 0.1) is 0 Å². The molecule has 1 aliphatic heterocycles. The Hall–Kier alpha value is -1.75. The summed E-state index contributed by atoms with van der Waals surface area (Å²) in [5.41, 5.74) is 0.708. The van der Waals surface area contributed by atoms with Crippen LogP contribution in [0.3, 0.4) is 0 Å². The summed E-state index contributed by atoms with van der Waals surface area (Å²) in [6, 6.07) is 7.16. The van der Waals surface area contributed by atoms with Gasteiger partial charge in [0, 0.05) is 18.5 Å². The number of methoxy groups -OCH3 is 1. The summed E-state index contributed by atoms with van der Waals surface area (Å²) in [6.45, 7) is 3.76. The molecule has 0 spiro atoms. The van der Waals surface area contributed by atoms with E-state index in [0.717, 1.165) is 12.3 Å². The highest BCUT2D eigenvalue weighted by Crippen LogP contribution is 2.14. The first kappa shape index (κ1) is 13.7. The lowest BCUT2D eigenvalue weighted by molar-refractivity contribution is -0.887. The minimum absolute atomic E-state index is 0.399. The van der Waals surface area contributed by atoms with Crippen LogP contribution in [0.4, 0.5) is 10.5 Å². The molecule has 0 radical (unpaired) electrons. The van der Waals surface area contributed by atoms with Crippen molar-refractivity contribution in [2.45, 2.75) is 12.8 Å². The van der Waals surface area contributed by atoms with E-state index in [1.807, 2.05) is 0 Å². The van der Waals surface area contributed by atoms with E-state index < -0.39 is 6.09 Å². The average Bonchev–Trinajstić information content (AvgIpc) is 2.93. The smallest absolute Gasteiger partial charge is 0.411 e. The highest BCUT2D eigenvalue weighted by Gasteiger charge is 2.15. The lowest BCUT2D eigenvalue weighted by Crippen LogP contribution is -3.10. The van der Waals surface area contributed by atoms with Gasteiger partial charge in [-0.3, -0.25) is 5.32 Å². The van der Waals surface area contributed by atoms with Gasteiger partial charge in [0.15, 0.2) is 0 Å². The number of quaternary nitrogens is 1. The maximum absolute atomic E-state index is 11.6. The van der Waals surface area contributed by atoms with E-state index in [9.17, 15) is 4.79 Å². The van der Waals surface area contributed by atoms with Crippen LogP contribution in [-0.2, 0) is 4.74 Å². The first-order valence-corrected chi connectivity index (χ1v) is 6.69. The van der Waals surface area contributed by atoms with Crippen LogP contribution in [0.1, 0.15) is 12.8 Å². The van der Waals surface area contributed by atoms with Gasteiger partial charge in [-0.15, -0.1) is 0 Å². The molecule has 0 unspecified atom stereocenters. The van der Waals surface area contributed by atoms with Crippen molar-refractivity contribution in [3.8, 4) is 5.75 Å². The minimum Gasteiger partial charge on any atom is -0.497 e. The van der Waals surface area contributed by atoms with Gasteiger partial charge in [0.2, 0.25) is 0 Å². The van der Waals surface area contributed by atoms with E-state index in [-0.39, 0.29) is 0 Å². The SMILES string of the molecule is COc1ccc(NC(=O)OCC[NH+]2CCCC2)cc1. The predicted octanol–water partition coefficient (Wildman–Crippen LogP) is 0.922. The predicted molar refractivity (Wildman–Crippen MR) is 72.8 cm³/mol. The normalized spacial score (nSPS) is 15.2. The number of carbonyl (C=O) groups is 1. The number of carbonyl (C=O) groups excluding carboxylic acids is 1. The Morgan fingerprint density at radius 3 is 2.58 bits per heavy atom. The third-order valence-electron chi connectivity index (χ3n) is 3.34. The number of benzene rings is 1. The van der Waals surface area contributed by atoms with Crippen LogP contribution in [0.15, 0.2) is 24.3 Å². The summed E-state index contributed by atoms with van der Waals surface area (Å²) < 4.78 is 10.2. The number of hydrogen-bond donors (Lipinski definition) is 2. The molecular formula is C14H21N2O3+. The highest BCUT2D eigenvalue weighted by molar-refractivity contribution is 5.84. The molecule has 5 heteroatoms. The van der Waals surface area contributed by atoms with Gasteiger partial charge in [-0.1, -0.05) is 0 Å².